The van der Waals surface area contributed by atoms with Gasteiger partial charge in [0.25, 0.3) is 0 Å². The number of methoxy groups -OCH3 is 1. The molecule has 2 heterocycles. The van der Waals surface area contributed by atoms with E-state index in [0.29, 0.717) is 59.6 Å². The van der Waals surface area contributed by atoms with E-state index in [1.54, 1.807) is 25.3 Å². The topological polar surface area (TPSA) is 87.5 Å². The van der Waals surface area contributed by atoms with E-state index in [0.717, 1.165) is 12.0 Å². The second-order valence-corrected chi connectivity index (χ2v) is 9.11. The summed E-state index contributed by atoms with van der Waals surface area (Å²) < 4.78 is 18.3. The number of aromatic nitrogens is 3. The van der Waals surface area contributed by atoms with Crippen LogP contribution in [-0.2, 0) is 16.1 Å². The lowest BCUT2D eigenvalue weighted by molar-refractivity contribution is -0.115. The van der Waals surface area contributed by atoms with Crippen LogP contribution in [0.1, 0.15) is 13.3 Å². The van der Waals surface area contributed by atoms with E-state index in [1.807, 2.05) is 35.8 Å². The van der Waals surface area contributed by atoms with Gasteiger partial charge in [0, 0.05) is 37.6 Å². The number of hydrogen-bond acceptors (Lipinski definition) is 7. The third-order valence-electron chi connectivity index (χ3n) is 5.02. The van der Waals surface area contributed by atoms with Crippen LogP contribution in [0.3, 0.4) is 0 Å². The number of rotatable bonds is 9. The van der Waals surface area contributed by atoms with E-state index < -0.39 is 5.25 Å². The molecule has 8 nitrogen and oxygen atoms in total. The quantitative estimate of drug-likeness (QED) is 0.350. The van der Waals surface area contributed by atoms with E-state index in [1.165, 1.54) is 11.8 Å². The minimum absolute atomic E-state index is 0.151. The van der Waals surface area contributed by atoms with Crippen molar-refractivity contribution < 1.29 is 19.0 Å². The number of nitrogens with zero attached hydrogens (tertiary/aromatic N) is 3. The molecule has 1 N–H and O–H groups in total. The zero-order valence-corrected chi connectivity index (χ0v) is 20.0. The Morgan fingerprint density at radius 2 is 2.00 bits per heavy atom. The number of halogens is 1. The van der Waals surface area contributed by atoms with Crippen molar-refractivity contribution in [2.24, 2.45) is 0 Å². The summed E-state index contributed by atoms with van der Waals surface area (Å²) in [5.74, 6) is 1.82. The van der Waals surface area contributed by atoms with Gasteiger partial charge >= 0.3 is 0 Å². The number of carbonyl (C=O) groups is 1. The van der Waals surface area contributed by atoms with Crippen LogP contribution in [0.25, 0.3) is 11.4 Å². The van der Waals surface area contributed by atoms with Crippen molar-refractivity contribution in [2.45, 2.75) is 30.3 Å². The molecule has 1 aromatic heterocycles. The SMILES string of the molecule is COCCCn1c(SC(C)C(=O)Nc2ccc3c(c2)OCCO3)nnc1-c1ccccc1Cl. The Morgan fingerprint density at radius 3 is 2.79 bits per heavy atom. The highest BCUT2D eigenvalue weighted by molar-refractivity contribution is 8.00. The van der Waals surface area contributed by atoms with Crippen LogP contribution in [0.4, 0.5) is 5.69 Å². The maximum Gasteiger partial charge on any atom is 0.237 e. The molecule has 0 saturated heterocycles. The Bertz CT molecular complexity index is 1120. The molecule has 0 saturated carbocycles. The van der Waals surface area contributed by atoms with Gasteiger partial charge in [0.2, 0.25) is 5.91 Å². The molecule has 1 unspecified atom stereocenters. The summed E-state index contributed by atoms with van der Waals surface area (Å²) in [6.07, 6.45) is 0.775. The van der Waals surface area contributed by atoms with Crippen molar-refractivity contribution in [3.8, 4) is 22.9 Å². The van der Waals surface area contributed by atoms with Gasteiger partial charge in [-0.3, -0.25) is 4.79 Å². The molecule has 1 aliphatic rings. The molecule has 174 valence electrons. The lowest BCUT2D eigenvalue weighted by Gasteiger charge is -2.19. The van der Waals surface area contributed by atoms with Gasteiger partial charge in [-0.15, -0.1) is 10.2 Å². The standard InChI is InChI=1S/C23H25ClN4O4S/c1-15(22(29)25-16-8-9-19-20(14-16)32-13-12-31-19)33-23-27-26-21(28(23)10-5-11-30-2)17-6-3-4-7-18(17)24/h3-4,6-9,14-15H,5,10-13H2,1-2H3,(H,25,29). The molecule has 1 atom stereocenters. The number of carbonyl (C=O) groups excluding carboxylic acids is 1. The molecule has 0 aliphatic carbocycles. The van der Waals surface area contributed by atoms with Crippen molar-refractivity contribution in [2.75, 3.05) is 32.2 Å². The van der Waals surface area contributed by atoms with Crippen LogP contribution < -0.4 is 14.8 Å². The third kappa shape index (κ3) is 5.61. The van der Waals surface area contributed by atoms with Gasteiger partial charge in [0.05, 0.1) is 10.3 Å². The minimum atomic E-state index is -0.414. The average molecular weight is 489 g/mol. The lowest BCUT2D eigenvalue weighted by Crippen LogP contribution is -2.23. The fourth-order valence-corrected chi connectivity index (χ4v) is 4.46. The van der Waals surface area contributed by atoms with Crippen molar-refractivity contribution in [3.05, 3.63) is 47.5 Å². The van der Waals surface area contributed by atoms with Crippen molar-refractivity contribution in [1.29, 1.82) is 0 Å². The molecular weight excluding hydrogens is 464 g/mol. The van der Waals surface area contributed by atoms with Crippen molar-refractivity contribution in [3.63, 3.8) is 0 Å². The van der Waals surface area contributed by atoms with Crippen molar-refractivity contribution in [1.82, 2.24) is 14.8 Å². The first-order chi connectivity index (χ1) is 16.1. The van der Waals surface area contributed by atoms with Gasteiger partial charge in [0.15, 0.2) is 22.5 Å². The molecule has 0 fully saturated rings. The molecule has 1 amide bonds. The molecule has 33 heavy (non-hydrogen) atoms. The third-order valence-corrected chi connectivity index (χ3v) is 6.43. The zero-order chi connectivity index (χ0) is 23.2. The van der Waals surface area contributed by atoms with Crippen LogP contribution in [0.15, 0.2) is 47.6 Å². The van der Waals surface area contributed by atoms with Gasteiger partial charge in [-0.25, -0.2) is 0 Å². The fourth-order valence-electron chi connectivity index (χ4n) is 3.36. The number of nitrogens with one attached hydrogen (secondary N) is 1. The summed E-state index contributed by atoms with van der Waals surface area (Å²) in [4.78, 5) is 12.9. The second-order valence-electron chi connectivity index (χ2n) is 7.39. The Balaban J connectivity index is 1.50. The summed E-state index contributed by atoms with van der Waals surface area (Å²) in [7, 11) is 1.67. The van der Waals surface area contributed by atoms with Crippen LogP contribution in [0.5, 0.6) is 11.5 Å². The Kier molecular flexibility index (Phi) is 7.74. The van der Waals surface area contributed by atoms with Crippen molar-refractivity contribution >= 4 is 35.0 Å². The Hall–Kier alpha value is -2.75. The molecule has 4 rings (SSSR count). The predicted molar refractivity (Wildman–Crippen MR) is 128 cm³/mol. The number of fused-ring (bicyclic) bond motifs is 1. The summed E-state index contributed by atoms with van der Waals surface area (Å²) >= 11 is 7.75. The molecule has 0 bridgehead atoms. The summed E-state index contributed by atoms with van der Waals surface area (Å²) in [5.41, 5.74) is 1.44. The smallest absolute Gasteiger partial charge is 0.237 e. The second kappa shape index (κ2) is 10.9. The number of benzene rings is 2. The van der Waals surface area contributed by atoms with E-state index in [-0.39, 0.29) is 5.91 Å². The first kappa shape index (κ1) is 23.4. The fraction of sp³-hybridized carbons (Fsp3) is 0.348. The van der Waals surface area contributed by atoms with Gasteiger partial charge in [0.1, 0.15) is 13.2 Å². The first-order valence-corrected chi connectivity index (χ1v) is 11.9. The van der Waals surface area contributed by atoms with Gasteiger partial charge in [-0.2, -0.15) is 0 Å². The van der Waals surface area contributed by atoms with Crippen LogP contribution in [0, 0.1) is 0 Å². The molecule has 10 heteroatoms. The Labute approximate surface area is 201 Å². The minimum Gasteiger partial charge on any atom is -0.486 e. The van der Waals surface area contributed by atoms with Crippen LogP contribution in [0.2, 0.25) is 5.02 Å². The summed E-state index contributed by atoms with van der Waals surface area (Å²) in [6, 6.07) is 12.9. The van der Waals surface area contributed by atoms with E-state index in [4.69, 9.17) is 25.8 Å². The molecule has 3 aromatic rings. The maximum absolute atomic E-state index is 12.9. The highest BCUT2D eigenvalue weighted by Gasteiger charge is 2.22. The maximum atomic E-state index is 12.9. The monoisotopic (exact) mass is 488 g/mol. The number of amides is 1. The molecule has 0 spiro atoms. The number of ether oxygens (including phenoxy) is 3. The number of hydrogen-bond donors (Lipinski definition) is 1. The number of thioether (sulfide) groups is 1. The average Bonchev–Trinajstić information content (AvgIpc) is 3.21. The van der Waals surface area contributed by atoms with E-state index in [9.17, 15) is 4.79 Å². The highest BCUT2D eigenvalue weighted by atomic mass is 35.5. The van der Waals surface area contributed by atoms with Crippen LogP contribution in [-0.4, -0.2) is 52.9 Å². The first-order valence-electron chi connectivity index (χ1n) is 10.6. The van der Waals surface area contributed by atoms with Gasteiger partial charge in [-0.1, -0.05) is 35.5 Å². The normalized spacial score (nSPS) is 13.5. The number of anilines is 1. The van der Waals surface area contributed by atoms with Crippen LogP contribution >= 0.6 is 23.4 Å². The van der Waals surface area contributed by atoms with E-state index >= 15 is 0 Å². The molecule has 0 radical (unpaired) electrons. The molecule has 2 aromatic carbocycles. The van der Waals surface area contributed by atoms with Gasteiger partial charge < -0.3 is 24.1 Å². The summed E-state index contributed by atoms with van der Waals surface area (Å²) in [6.45, 7) is 4.09. The largest absolute Gasteiger partial charge is 0.486 e. The Morgan fingerprint density at radius 1 is 1.21 bits per heavy atom. The molecular formula is C23H25ClN4O4S. The summed E-state index contributed by atoms with van der Waals surface area (Å²) in [5, 5.41) is 12.5. The lowest BCUT2D eigenvalue weighted by atomic mass is 10.2. The predicted octanol–water partition coefficient (Wildman–Crippen LogP) is 4.53. The zero-order valence-electron chi connectivity index (χ0n) is 18.4. The highest BCUT2D eigenvalue weighted by Crippen LogP contribution is 2.34. The van der Waals surface area contributed by atoms with Gasteiger partial charge in [-0.05, 0) is 37.6 Å². The van der Waals surface area contributed by atoms with E-state index in [2.05, 4.69) is 15.5 Å². The molecule has 1 aliphatic heterocycles.